The summed E-state index contributed by atoms with van der Waals surface area (Å²) in [7, 11) is 0. The fourth-order valence-electron chi connectivity index (χ4n) is 1.02. The maximum Gasteiger partial charge on any atom is 0.137 e. The van der Waals surface area contributed by atoms with Gasteiger partial charge in [-0.25, -0.2) is 0 Å². The van der Waals surface area contributed by atoms with E-state index in [4.69, 9.17) is 4.74 Å². The molecule has 0 saturated heterocycles. The Bertz CT molecular complexity index is 185. The number of rotatable bonds is 8. The Morgan fingerprint density at radius 3 is 1.47 bits per heavy atom. The summed E-state index contributed by atoms with van der Waals surface area (Å²) in [4.78, 5) is 22.4. The van der Waals surface area contributed by atoms with Crippen molar-refractivity contribution in [3.05, 3.63) is 0 Å². The number of hydrogen-bond donors (Lipinski definition) is 0. The zero-order valence-electron chi connectivity index (χ0n) is 10.2. The summed E-state index contributed by atoms with van der Waals surface area (Å²) in [6.45, 7) is 8.38. The Morgan fingerprint density at radius 2 is 1.20 bits per heavy atom. The van der Waals surface area contributed by atoms with Gasteiger partial charge in [0.1, 0.15) is 11.6 Å². The maximum atomic E-state index is 11.2. The van der Waals surface area contributed by atoms with E-state index < -0.39 is 0 Å². The Balaban J connectivity index is 3.40. The van der Waals surface area contributed by atoms with Crippen molar-refractivity contribution in [2.45, 2.75) is 40.5 Å². The first-order chi connectivity index (χ1) is 6.95. The van der Waals surface area contributed by atoms with Crippen molar-refractivity contribution in [2.24, 2.45) is 11.8 Å². The van der Waals surface area contributed by atoms with E-state index in [0.29, 0.717) is 26.1 Å². The van der Waals surface area contributed by atoms with Crippen LogP contribution in [0, 0.1) is 11.8 Å². The van der Waals surface area contributed by atoms with Crippen LogP contribution in [0.25, 0.3) is 0 Å². The van der Waals surface area contributed by atoms with E-state index in [2.05, 4.69) is 0 Å². The van der Waals surface area contributed by atoms with Crippen molar-refractivity contribution >= 4 is 11.6 Å². The Labute approximate surface area is 92.2 Å². The molecule has 0 aliphatic carbocycles. The first-order valence-electron chi connectivity index (χ1n) is 5.58. The van der Waals surface area contributed by atoms with Crippen molar-refractivity contribution in [2.75, 3.05) is 13.2 Å². The van der Waals surface area contributed by atoms with Crippen molar-refractivity contribution in [1.29, 1.82) is 0 Å². The van der Waals surface area contributed by atoms with E-state index >= 15 is 0 Å². The summed E-state index contributed by atoms with van der Waals surface area (Å²) in [5, 5.41) is 0. The zero-order valence-corrected chi connectivity index (χ0v) is 10.2. The molecule has 3 heteroatoms. The number of carbonyl (C=O) groups excluding carboxylic acids is 2. The highest BCUT2D eigenvalue weighted by Gasteiger charge is 2.08. The standard InChI is InChI=1S/C12H22O3/c1-9(2)11(13)5-7-15-8-6-12(14)10(3)4/h9-10H,5-8H2,1-4H3. The summed E-state index contributed by atoms with van der Waals surface area (Å²) >= 11 is 0. The summed E-state index contributed by atoms with van der Waals surface area (Å²) in [6, 6.07) is 0. The molecule has 0 aliphatic rings. The highest BCUT2D eigenvalue weighted by Crippen LogP contribution is 2.01. The molecular formula is C12H22O3. The molecule has 0 aromatic heterocycles. The molecule has 0 saturated carbocycles. The van der Waals surface area contributed by atoms with Crippen LogP contribution in [0.15, 0.2) is 0 Å². The van der Waals surface area contributed by atoms with Crippen LogP contribution in [0.4, 0.5) is 0 Å². The third kappa shape index (κ3) is 7.25. The second kappa shape index (κ2) is 7.57. The maximum absolute atomic E-state index is 11.2. The summed E-state index contributed by atoms with van der Waals surface area (Å²) in [6.07, 6.45) is 0.904. The number of Topliss-reactive ketones (excluding diaryl/α,β-unsaturated/α-hetero) is 2. The minimum atomic E-state index is 0.0749. The molecule has 0 unspecified atom stereocenters. The quantitative estimate of drug-likeness (QED) is 0.582. The minimum absolute atomic E-state index is 0.0749. The average Bonchev–Trinajstić information content (AvgIpc) is 2.16. The minimum Gasteiger partial charge on any atom is -0.381 e. The summed E-state index contributed by atoms with van der Waals surface area (Å²) in [5.41, 5.74) is 0. The van der Waals surface area contributed by atoms with Gasteiger partial charge in [0.05, 0.1) is 13.2 Å². The van der Waals surface area contributed by atoms with E-state index in [0.717, 1.165) is 0 Å². The molecule has 0 N–H and O–H groups in total. The van der Waals surface area contributed by atoms with Gasteiger partial charge in [-0.2, -0.15) is 0 Å². The number of carbonyl (C=O) groups is 2. The molecule has 15 heavy (non-hydrogen) atoms. The van der Waals surface area contributed by atoms with Gasteiger partial charge >= 0.3 is 0 Å². The van der Waals surface area contributed by atoms with Gasteiger partial charge in [0, 0.05) is 24.7 Å². The Hall–Kier alpha value is -0.700. The third-order valence-corrected chi connectivity index (χ3v) is 2.27. The van der Waals surface area contributed by atoms with E-state index in [1.165, 1.54) is 0 Å². The van der Waals surface area contributed by atoms with Gasteiger partial charge in [0.15, 0.2) is 0 Å². The smallest absolute Gasteiger partial charge is 0.137 e. The van der Waals surface area contributed by atoms with Gasteiger partial charge < -0.3 is 4.74 Å². The molecule has 0 bridgehead atoms. The second-order valence-corrected chi connectivity index (χ2v) is 4.35. The fraction of sp³-hybridized carbons (Fsp3) is 0.833. The van der Waals surface area contributed by atoms with Crippen LogP contribution in [-0.2, 0) is 14.3 Å². The lowest BCUT2D eigenvalue weighted by Crippen LogP contribution is -2.13. The molecule has 0 aromatic carbocycles. The highest BCUT2D eigenvalue weighted by atomic mass is 16.5. The van der Waals surface area contributed by atoms with Crippen LogP contribution in [-0.4, -0.2) is 24.8 Å². The average molecular weight is 214 g/mol. The molecule has 88 valence electrons. The van der Waals surface area contributed by atoms with Crippen molar-refractivity contribution in [1.82, 2.24) is 0 Å². The number of hydrogen-bond acceptors (Lipinski definition) is 3. The molecule has 0 spiro atoms. The number of ketones is 2. The highest BCUT2D eigenvalue weighted by molar-refractivity contribution is 5.80. The summed E-state index contributed by atoms with van der Waals surface area (Å²) in [5.74, 6) is 0.576. The molecule has 3 nitrogen and oxygen atoms in total. The van der Waals surface area contributed by atoms with E-state index in [9.17, 15) is 9.59 Å². The lowest BCUT2D eigenvalue weighted by atomic mass is 10.1. The third-order valence-electron chi connectivity index (χ3n) is 2.27. The molecule has 0 atom stereocenters. The predicted molar refractivity (Wildman–Crippen MR) is 59.7 cm³/mol. The van der Waals surface area contributed by atoms with Crippen LogP contribution < -0.4 is 0 Å². The van der Waals surface area contributed by atoms with E-state index in [-0.39, 0.29) is 23.4 Å². The lowest BCUT2D eigenvalue weighted by Gasteiger charge is -2.06. The zero-order chi connectivity index (χ0) is 11.8. The molecule has 0 amide bonds. The topological polar surface area (TPSA) is 43.4 Å². The molecule has 0 aromatic rings. The van der Waals surface area contributed by atoms with Crippen molar-refractivity contribution in [3.8, 4) is 0 Å². The van der Waals surface area contributed by atoms with Gasteiger partial charge in [0.2, 0.25) is 0 Å². The van der Waals surface area contributed by atoms with Crippen LogP contribution in [0.5, 0.6) is 0 Å². The molecule has 0 radical (unpaired) electrons. The van der Waals surface area contributed by atoms with E-state index in [1.807, 2.05) is 27.7 Å². The lowest BCUT2D eigenvalue weighted by molar-refractivity contribution is -0.123. The van der Waals surface area contributed by atoms with Gasteiger partial charge in [-0.3, -0.25) is 9.59 Å². The van der Waals surface area contributed by atoms with Gasteiger partial charge in [0.25, 0.3) is 0 Å². The van der Waals surface area contributed by atoms with Gasteiger partial charge in [-0.05, 0) is 0 Å². The predicted octanol–water partition coefficient (Wildman–Crippen LogP) is 2.23. The summed E-state index contributed by atoms with van der Waals surface area (Å²) < 4.78 is 5.23. The SMILES string of the molecule is CC(C)C(=O)CCOCCC(=O)C(C)C. The monoisotopic (exact) mass is 214 g/mol. The van der Waals surface area contributed by atoms with Crippen LogP contribution in [0.3, 0.4) is 0 Å². The molecule has 0 rings (SSSR count). The van der Waals surface area contributed by atoms with E-state index in [1.54, 1.807) is 0 Å². The van der Waals surface area contributed by atoms with Gasteiger partial charge in [-0.15, -0.1) is 0 Å². The normalized spacial score (nSPS) is 11.1. The first kappa shape index (κ1) is 14.3. The van der Waals surface area contributed by atoms with Crippen LogP contribution in [0.1, 0.15) is 40.5 Å². The second-order valence-electron chi connectivity index (χ2n) is 4.35. The Morgan fingerprint density at radius 1 is 0.867 bits per heavy atom. The molecular weight excluding hydrogens is 192 g/mol. The Kier molecular flexibility index (Phi) is 7.22. The van der Waals surface area contributed by atoms with Crippen LogP contribution >= 0.6 is 0 Å². The number of ether oxygens (including phenoxy) is 1. The molecule has 0 heterocycles. The largest absolute Gasteiger partial charge is 0.381 e. The molecule has 0 aliphatic heterocycles. The fourth-order valence-corrected chi connectivity index (χ4v) is 1.02. The van der Waals surface area contributed by atoms with Gasteiger partial charge in [-0.1, -0.05) is 27.7 Å². The molecule has 0 fully saturated rings. The van der Waals surface area contributed by atoms with Crippen molar-refractivity contribution < 1.29 is 14.3 Å². The van der Waals surface area contributed by atoms with Crippen molar-refractivity contribution in [3.63, 3.8) is 0 Å². The first-order valence-corrected chi connectivity index (χ1v) is 5.58. The van der Waals surface area contributed by atoms with Crippen LogP contribution in [0.2, 0.25) is 0 Å².